The number of amides is 1. The molecule has 0 aliphatic heterocycles. The number of benzene rings is 2. The molecule has 0 bridgehead atoms. The molecular weight excluding hydrogens is 281 g/mol. The van der Waals surface area contributed by atoms with Gasteiger partial charge >= 0.3 is 0 Å². The topological polar surface area (TPSA) is 67.2 Å². The number of hydrazine groups is 1. The maximum atomic E-state index is 13.9. The molecule has 4 nitrogen and oxygen atoms in total. The Balaban J connectivity index is 2.33. The molecule has 0 spiro atoms. The van der Waals surface area contributed by atoms with Crippen molar-refractivity contribution >= 4 is 28.9 Å². The summed E-state index contributed by atoms with van der Waals surface area (Å²) in [5.74, 6) is 4.38. The van der Waals surface area contributed by atoms with Gasteiger partial charge in [0.2, 0.25) is 0 Å². The second-order valence-corrected chi connectivity index (χ2v) is 4.66. The van der Waals surface area contributed by atoms with Crippen LogP contribution in [-0.4, -0.2) is 5.91 Å². The zero-order valence-electron chi connectivity index (χ0n) is 10.7. The zero-order chi connectivity index (χ0) is 14.7. The van der Waals surface area contributed by atoms with Crippen LogP contribution in [0.15, 0.2) is 36.4 Å². The lowest BCUT2D eigenvalue weighted by Gasteiger charge is -2.11. The Bertz CT molecular complexity index is 661. The first-order valence-corrected chi connectivity index (χ1v) is 6.23. The maximum Gasteiger partial charge on any atom is 0.257 e. The smallest absolute Gasteiger partial charge is 0.257 e. The Kier molecular flexibility index (Phi) is 4.22. The highest BCUT2D eigenvalue weighted by Gasteiger charge is 2.14. The van der Waals surface area contributed by atoms with Crippen molar-refractivity contribution in [2.24, 2.45) is 5.84 Å². The van der Waals surface area contributed by atoms with E-state index in [0.717, 1.165) is 0 Å². The molecule has 0 aliphatic rings. The minimum Gasteiger partial charge on any atom is -0.323 e. The summed E-state index contributed by atoms with van der Waals surface area (Å²) in [5.41, 5.74) is 3.60. The summed E-state index contributed by atoms with van der Waals surface area (Å²) >= 11 is 5.85. The molecule has 0 unspecified atom stereocenters. The number of carbonyl (C=O) groups excluding carboxylic acids is 1. The van der Waals surface area contributed by atoms with Gasteiger partial charge in [-0.15, -0.1) is 0 Å². The third kappa shape index (κ3) is 2.89. The van der Waals surface area contributed by atoms with E-state index in [9.17, 15) is 9.18 Å². The molecule has 104 valence electrons. The number of hydrogen-bond acceptors (Lipinski definition) is 3. The first-order chi connectivity index (χ1) is 9.52. The number of carbonyl (C=O) groups is 1. The van der Waals surface area contributed by atoms with E-state index in [-0.39, 0.29) is 11.3 Å². The summed E-state index contributed by atoms with van der Waals surface area (Å²) in [6, 6.07) is 9.40. The number of anilines is 2. The molecule has 0 saturated heterocycles. The molecule has 0 aliphatic carbocycles. The van der Waals surface area contributed by atoms with E-state index in [4.69, 9.17) is 17.4 Å². The molecule has 2 rings (SSSR count). The van der Waals surface area contributed by atoms with Crippen molar-refractivity contribution in [1.29, 1.82) is 0 Å². The number of rotatable bonds is 3. The lowest BCUT2D eigenvalue weighted by Crippen LogP contribution is -2.18. The van der Waals surface area contributed by atoms with Crippen LogP contribution >= 0.6 is 11.6 Å². The van der Waals surface area contributed by atoms with Gasteiger partial charge in [-0.1, -0.05) is 23.7 Å². The molecule has 20 heavy (non-hydrogen) atoms. The summed E-state index contributed by atoms with van der Waals surface area (Å²) in [6.07, 6.45) is 0. The standard InChI is InChI=1S/C14H13ClFN3O/c1-8-3-2-4-12(13(8)16)18-14(20)10-7-9(15)5-6-11(10)19-17/h2-7,19H,17H2,1H3,(H,18,20). The van der Waals surface area contributed by atoms with E-state index in [2.05, 4.69) is 10.7 Å². The Morgan fingerprint density at radius 2 is 2.00 bits per heavy atom. The van der Waals surface area contributed by atoms with Gasteiger partial charge in [0.25, 0.3) is 5.91 Å². The summed E-state index contributed by atoms with van der Waals surface area (Å²) in [5, 5.41) is 2.89. The van der Waals surface area contributed by atoms with Crippen LogP contribution in [0, 0.1) is 12.7 Å². The molecule has 0 fully saturated rings. The summed E-state index contributed by atoms with van der Waals surface area (Å²) < 4.78 is 13.9. The van der Waals surface area contributed by atoms with Crippen LogP contribution in [0.3, 0.4) is 0 Å². The van der Waals surface area contributed by atoms with E-state index in [1.807, 2.05) is 0 Å². The molecular formula is C14H13ClFN3O. The highest BCUT2D eigenvalue weighted by Crippen LogP contribution is 2.23. The first kappa shape index (κ1) is 14.3. The van der Waals surface area contributed by atoms with Crippen LogP contribution in [0.25, 0.3) is 0 Å². The van der Waals surface area contributed by atoms with Gasteiger partial charge in [0.15, 0.2) is 0 Å². The maximum absolute atomic E-state index is 13.9. The van der Waals surface area contributed by atoms with Crippen LogP contribution in [-0.2, 0) is 0 Å². The molecule has 1 amide bonds. The van der Waals surface area contributed by atoms with Gasteiger partial charge in [-0.25, -0.2) is 4.39 Å². The fraction of sp³-hybridized carbons (Fsp3) is 0.0714. The van der Waals surface area contributed by atoms with Crippen molar-refractivity contribution in [1.82, 2.24) is 0 Å². The monoisotopic (exact) mass is 293 g/mol. The van der Waals surface area contributed by atoms with Crippen molar-refractivity contribution in [3.8, 4) is 0 Å². The van der Waals surface area contributed by atoms with Gasteiger partial charge in [0.1, 0.15) is 5.82 Å². The number of hydrogen-bond donors (Lipinski definition) is 3. The van der Waals surface area contributed by atoms with Crippen LogP contribution in [0.5, 0.6) is 0 Å². The fourth-order valence-corrected chi connectivity index (χ4v) is 1.94. The van der Waals surface area contributed by atoms with Crippen LogP contribution in [0.1, 0.15) is 15.9 Å². The van der Waals surface area contributed by atoms with Crippen LogP contribution in [0.2, 0.25) is 5.02 Å². The second kappa shape index (κ2) is 5.90. The number of aryl methyl sites for hydroxylation is 1. The summed E-state index contributed by atoms with van der Waals surface area (Å²) in [4.78, 5) is 12.2. The first-order valence-electron chi connectivity index (χ1n) is 5.85. The zero-order valence-corrected chi connectivity index (χ0v) is 11.5. The van der Waals surface area contributed by atoms with E-state index < -0.39 is 11.7 Å². The molecule has 0 saturated carbocycles. The quantitative estimate of drug-likeness (QED) is 0.601. The number of nitrogens with two attached hydrogens (primary N) is 1. The minimum atomic E-state index is -0.495. The third-order valence-corrected chi connectivity index (χ3v) is 3.06. The second-order valence-electron chi connectivity index (χ2n) is 4.22. The Morgan fingerprint density at radius 1 is 1.25 bits per heavy atom. The van der Waals surface area contributed by atoms with E-state index in [1.165, 1.54) is 12.1 Å². The highest BCUT2D eigenvalue weighted by molar-refractivity contribution is 6.31. The Morgan fingerprint density at radius 3 is 2.70 bits per heavy atom. The summed E-state index contributed by atoms with van der Waals surface area (Å²) in [7, 11) is 0. The SMILES string of the molecule is Cc1cccc(NC(=O)c2cc(Cl)ccc2NN)c1F. The normalized spacial score (nSPS) is 10.2. The largest absolute Gasteiger partial charge is 0.323 e. The molecule has 0 radical (unpaired) electrons. The summed E-state index contributed by atoms with van der Waals surface area (Å²) in [6.45, 7) is 1.62. The Labute approximate surface area is 120 Å². The molecule has 0 aromatic heterocycles. The van der Waals surface area contributed by atoms with Gasteiger partial charge in [0, 0.05) is 5.02 Å². The van der Waals surface area contributed by atoms with Gasteiger partial charge in [-0.2, -0.15) is 0 Å². The van der Waals surface area contributed by atoms with Crippen molar-refractivity contribution in [3.05, 3.63) is 58.4 Å². The van der Waals surface area contributed by atoms with E-state index in [0.29, 0.717) is 16.3 Å². The molecule has 6 heteroatoms. The van der Waals surface area contributed by atoms with Crippen molar-refractivity contribution in [2.45, 2.75) is 6.92 Å². The van der Waals surface area contributed by atoms with Crippen molar-refractivity contribution < 1.29 is 9.18 Å². The van der Waals surface area contributed by atoms with Gasteiger partial charge in [0.05, 0.1) is 16.9 Å². The number of nitrogens with one attached hydrogen (secondary N) is 2. The van der Waals surface area contributed by atoms with Crippen molar-refractivity contribution in [3.63, 3.8) is 0 Å². The van der Waals surface area contributed by atoms with Crippen LogP contribution < -0.4 is 16.6 Å². The van der Waals surface area contributed by atoms with Crippen molar-refractivity contribution in [2.75, 3.05) is 10.7 Å². The minimum absolute atomic E-state index is 0.109. The lowest BCUT2D eigenvalue weighted by atomic mass is 10.1. The number of halogens is 2. The molecule has 4 N–H and O–H groups in total. The predicted octanol–water partition coefficient (Wildman–Crippen LogP) is 3.33. The van der Waals surface area contributed by atoms with E-state index >= 15 is 0 Å². The molecule has 2 aromatic rings. The fourth-order valence-electron chi connectivity index (χ4n) is 1.76. The van der Waals surface area contributed by atoms with Gasteiger partial charge in [-0.3, -0.25) is 10.6 Å². The molecule has 0 heterocycles. The van der Waals surface area contributed by atoms with Gasteiger partial charge in [-0.05, 0) is 36.8 Å². The highest BCUT2D eigenvalue weighted by atomic mass is 35.5. The Hall–Kier alpha value is -2.11. The molecule has 2 aromatic carbocycles. The lowest BCUT2D eigenvalue weighted by molar-refractivity contribution is 0.102. The average Bonchev–Trinajstić information content (AvgIpc) is 2.43. The van der Waals surface area contributed by atoms with E-state index in [1.54, 1.807) is 31.2 Å². The number of nitrogen functional groups attached to an aromatic ring is 1. The van der Waals surface area contributed by atoms with Crippen LogP contribution in [0.4, 0.5) is 15.8 Å². The molecule has 0 atom stereocenters. The predicted molar refractivity (Wildman–Crippen MR) is 78.4 cm³/mol. The third-order valence-electron chi connectivity index (χ3n) is 2.82. The average molecular weight is 294 g/mol. The van der Waals surface area contributed by atoms with Gasteiger partial charge < -0.3 is 10.7 Å².